The van der Waals surface area contributed by atoms with Gasteiger partial charge in [-0.3, -0.25) is 4.79 Å². The van der Waals surface area contributed by atoms with Crippen molar-refractivity contribution in [1.82, 2.24) is 0 Å². The second kappa shape index (κ2) is 9.14. The highest BCUT2D eigenvalue weighted by atomic mass is 16.6. The quantitative estimate of drug-likeness (QED) is 0.524. The molecule has 0 amide bonds. The molecule has 1 saturated heterocycles. The zero-order valence-electron chi connectivity index (χ0n) is 17.5. The van der Waals surface area contributed by atoms with Crippen molar-refractivity contribution in [2.45, 2.75) is 31.8 Å². The average molecular weight is 429 g/mol. The van der Waals surface area contributed by atoms with Gasteiger partial charge in [-0.15, -0.1) is 0 Å². The van der Waals surface area contributed by atoms with E-state index >= 15 is 0 Å². The lowest BCUT2D eigenvalue weighted by atomic mass is 10.1. The lowest BCUT2D eigenvalue weighted by Crippen LogP contribution is -2.36. The van der Waals surface area contributed by atoms with E-state index in [4.69, 9.17) is 18.9 Å². The third-order valence-corrected chi connectivity index (χ3v) is 5.38. The van der Waals surface area contributed by atoms with E-state index in [2.05, 4.69) is 4.99 Å². The van der Waals surface area contributed by atoms with E-state index in [1.54, 1.807) is 0 Å². The summed E-state index contributed by atoms with van der Waals surface area (Å²) in [4.78, 5) is 16.2. The van der Waals surface area contributed by atoms with Gasteiger partial charge in [0.05, 0.1) is 6.42 Å². The van der Waals surface area contributed by atoms with Crippen LogP contribution < -0.4 is 9.47 Å². The molecule has 3 aromatic carbocycles. The highest BCUT2D eigenvalue weighted by Gasteiger charge is 2.38. The first kappa shape index (κ1) is 20.1. The Bertz CT molecular complexity index is 1050. The van der Waals surface area contributed by atoms with Gasteiger partial charge in [-0.1, -0.05) is 60.7 Å². The number of hydrogen-bond acceptors (Lipinski definition) is 6. The van der Waals surface area contributed by atoms with E-state index < -0.39 is 0 Å². The predicted molar refractivity (Wildman–Crippen MR) is 119 cm³/mol. The molecule has 2 aliphatic heterocycles. The maximum absolute atomic E-state index is 11.6. The SMILES string of the molecule is O=C1CC2OC(c3cc(OCc4ccccc4)cc(OCc4ccccc4)c3)=NC2CO1. The molecule has 6 nitrogen and oxygen atoms in total. The second-order valence-corrected chi connectivity index (χ2v) is 7.79. The number of ether oxygens (including phenoxy) is 4. The fraction of sp³-hybridized carbons (Fsp3) is 0.231. The third kappa shape index (κ3) is 4.75. The first-order chi connectivity index (χ1) is 15.7. The van der Waals surface area contributed by atoms with Crippen molar-refractivity contribution in [2.75, 3.05) is 6.61 Å². The maximum Gasteiger partial charge on any atom is 0.309 e. The number of fused-ring (bicyclic) bond motifs is 1. The first-order valence-electron chi connectivity index (χ1n) is 10.6. The number of rotatable bonds is 7. The van der Waals surface area contributed by atoms with Gasteiger partial charge in [0.2, 0.25) is 5.90 Å². The summed E-state index contributed by atoms with van der Waals surface area (Å²) >= 11 is 0. The summed E-state index contributed by atoms with van der Waals surface area (Å²) in [5.74, 6) is 1.54. The molecule has 2 heterocycles. The Hall–Kier alpha value is -3.80. The minimum Gasteiger partial charge on any atom is -0.489 e. The van der Waals surface area contributed by atoms with Crippen molar-refractivity contribution in [2.24, 2.45) is 4.99 Å². The van der Waals surface area contributed by atoms with Crippen molar-refractivity contribution in [3.05, 3.63) is 95.6 Å². The van der Waals surface area contributed by atoms with Crippen LogP contribution in [-0.4, -0.2) is 30.6 Å². The van der Waals surface area contributed by atoms with Crippen LogP contribution in [0.4, 0.5) is 0 Å². The fourth-order valence-electron chi connectivity index (χ4n) is 3.70. The molecule has 32 heavy (non-hydrogen) atoms. The van der Waals surface area contributed by atoms with Gasteiger partial charge in [0.15, 0.2) is 0 Å². The van der Waals surface area contributed by atoms with Crippen LogP contribution in [0, 0.1) is 0 Å². The smallest absolute Gasteiger partial charge is 0.309 e. The number of carbonyl (C=O) groups is 1. The summed E-state index contributed by atoms with van der Waals surface area (Å²) in [5, 5.41) is 0. The van der Waals surface area contributed by atoms with E-state index in [9.17, 15) is 4.79 Å². The lowest BCUT2D eigenvalue weighted by molar-refractivity contribution is -0.151. The van der Waals surface area contributed by atoms with Gasteiger partial charge in [0.25, 0.3) is 0 Å². The summed E-state index contributed by atoms with van der Waals surface area (Å²) in [5.41, 5.74) is 2.89. The molecular weight excluding hydrogens is 406 g/mol. The molecular formula is C26H23NO5. The van der Waals surface area contributed by atoms with Crippen LogP contribution in [0.25, 0.3) is 0 Å². The van der Waals surface area contributed by atoms with Gasteiger partial charge in [-0.2, -0.15) is 0 Å². The summed E-state index contributed by atoms with van der Waals surface area (Å²) in [6, 6.07) is 25.4. The van der Waals surface area contributed by atoms with Crippen LogP contribution in [0.1, 0.15) is 23.1 Å². The standard InChI is InChI=1S/C26H23NO5/c28-25-14-24-23(17-31-25)27-26(32-24)20-11-21(29-15-18-7-3-1-4-8-18)13-22(12-20)30-16-19-9-5-2-6-10-19/h1-13,23-24H,14-17H2. The molecule has 1 fully saturated rings. The van der Waals surface area contributed by atoms with Gasteiger partial charge in [0.1, 0.15) is 43.5 Å². The molecule has 0 spiro atoms. The minimum absolute atomic E-state index is 0.176. The predicted octanol–water partition coefficient (Wildman–Crippen LogP) is 4.31. The van der Waals surface area contributed by atoms with E-state index in [-0.39, 0.29) is 31.1 Å². The Balaban J connectivity index is 1.38. The van der Waals surface area contributed by atoms with Gasteiger partial charge >= 0.3 is 5.97 Å². The molecule has 0 saturated carbocycles. The lowest BCUT2D eigenvalue weighted by Gasteiger charge is -2.21. The van der Waals surface area contributed by atoms with Crippen molar-refractivity contribution >= 4 is 11.9 Å². The maximum atomic E-state index is 11.6. The molecule has 162 valence electrons. The molecule has 6 heteroatoms. The molecule has 2 aliphatic rings. The van der Waals surface area contributed by atoms with E-state index in [1.807, 2.05) is 78.9 Å². The van der Waals surface area contributed by atoms with Crippen molar-refractivity contribution in [3.63, 3.8) is 0 Å². The number of nitrogens with zero attached hydrogens (tertiary/aromatic N) is 1. The Morgan fingerprint density at radius 1 is 0.844 bits per heavy atom. The monoisotopic (exact) mass is 429 g/mol. The summed E-state index contributed by atoms with van der Waals surface area (Å²) in [6.07, 6.45) is -0.0759. The molecule has 0 N–H and O–H groups in total. The number of carbonyl (C=O) groups excluding carboxylic acids is 1. The number of esters is 1. The summed E-state index contributed by atoms with van der Waals surface area (Å²) in [7, 11) is 0. The fourth-order valence-corrected chi connectivity index (χ4v) is 3.70. The largest absolute Gasteiger partial charge is 0.489 e. The zero-order valence-corrected chi connectivity index (χ0v) is 17.5. The molecule has 2 unspecified atom stereocenters. The number of cyclic esters (lactones) is 1. The van der Waals surface area contributed by atoms with E-state index in [1.165, 1.54) is 0 Å². The molecule has 0 aliphatic carbocycles. The van der Waals surface area contributed by atoms with Crippen LogP contribution in [0.2, 0.25) is 0 Å². The van der Waals surface area contributed by atoms with Gasteiger partial charge in [-0.25, -0.2) is 4.99 Å². The van der Waals surface area contributed by atoms with E-state index in [0.29, 0.717) is 30.6 Å². The highest BCUT2D eigenvalue weighted by molar-refractivity contribution is 5.96. The Morgan fingerprint density at radius 2 is 1.44 bits per heavy atom. The normalized spacial score (nSPS) is 19.4. The van der Waals surface area contributed by atoms with Gasteiger partial charge in [-0.05, 0) is 23.3 Å². The van der Waals surface area contributed by atoms with Crippen LogP contribution in [0.15, 0.2) is 83.9 Å². The summed E-state index contributed by atoms with van der Waals surface area (Å²) in [6.45, 7) is 1.11. The average Bonchev–Trinajstić information content (AvgIpc) is 3.26. The molecule has 2 atom stereocenters. The first-order valence-corrected chi connectivity index (χ1v) is 10.6. The summed E-state index contributed by atoms with van der Waals surface area (Å²) < 4.78 is 23.2. The molecule has 0 bridgehead atoms. The minimum atomic E-state index is -0.283. The van der Waals surface area contributed by atoms with Crippen molar-refractivity contribution in [3.8, 4) is 11.5 Å². The van der Waals surface area contributed by atoms with Crippen LogP contribution in [-0.2, 0) is 27.5 Å². The van der Waals surface area contributed by atoms with Crippen molar-refractivity contribution < 1.29 is 23.7 Å². The Kier molecular flexibility index (Phi) is 5.75. The second-order valence-electron chi connectivity index (χ2n) is 7.79. The third-order valence-electron chi connectivity index (χ3n) is 5.38. The molecule has 0 radical (unpaired) electrons. The topological polar surface area (TPSA) is 66.4 Å². The Labute approximate surface area is 186 Å². The van der Waals surface area contributed by atoms with Crippen LogP contribution >= 0.6 is 0 Å². The molecule has 0 aromatic heterocycles. The van der Waals surface area contributed by atoms with Gasteiger partial charge in [0, 0.05) is 11.6 Å². The van der Waals surface area contributed by atoms with E-state index in [0.717, 1.165) is 16.7 Å². The molecule has 3 aromatic rings. The molecule has 5 rings (SSSR count). The highest BCUT2D eigenvalue weighted by Crippen LogP contribution is 2.30. The number of hydrogen-bond donors (Lipinski definition) is 0. The van der Waals surface area contributed by atoms with Crippen LogP contribution in [0.5, 0.6) is 11.5 Å². The number of benzene rings is 3. The Morgan fingerprint density at radius 3 is 2.03 bits per heavy atom. The van der Waals surface area contributed by atoms with Crippen LogP contribution in [0.3, 0.4) is 0 Å². The number of aliphatic imine (C=N–C) groups is 1. The van der Waals surface area contributed by atoms with Crippen molar-refractivity contribution in [1.29, 1.82) is 0 Å². The zero-order chi connectivity index (χ0) is 21.8. The van der Waals surface area contributed by atoms with Gasteiger partial charge < -0.3 is 18.9 Å².